The molecule has 4 aromatic rings. The Morgan fingerprint density at radius 1 is 0.846 bits per heavy atom. The third kappa shape index (κ3) is 5.40. The first kappa shape index (κ1) is 27.2. The van der Waals surface area contributed by atoms with Crippen LogP contribution in [0.15, 0.2) is 96.2 Å². The molecule has 0 bridgehead atoms. The van der Waals surface area contributed by atoms with Gasteiger partial charge in [0.05, 0.1) is 20.4 Å². The average Bonchev–Trinajstić information content (AvgIpc) is 3.26. The standard InChI is InChI=1S/C27H23N3O2.C2HF3O2/c1-31-22-12-10-20(11-13-22)27(25-9-4-3-8-24(25)26(28)30-27)21-7-5-6-18(14-21)19-15-23(32-2)17-29-16-19;3-2(4,5)1(6)7/h3-17H,1-2H3,(H2,28,30);(H,6,7). The average molecular weight is 536 g/mol. The van der Waals surface area contributed by atoms with Crippen LogP contribution in [0.1, 0.15) is 22.3 Å². The summed E-state index contributed by atoms with van der Waals surface area (Å²) in [6.45, 7) is 0. The van der Waals surface area contributed by atoms with E-state index >= 15 is 0 Å². The zero-order chi connectivity index (χ0) is 28.2. The van der Waals surface area contributed by atoms with Crippen molar-refractivity contribution in [1.29, 1.82) is 0 Å². The van der Waals surface area contributed by atoms with E-state index in [-0.39, 0.29) is 0 Å². The van der Waals surface area contributed by atoms with E-state index < -0.39 is 17.7 Å². The van der Waals surface area contributed by atoms with Gasteiger partial charge in [0, 0.05) is 17.3 Å². The number of ether oxygens (including phenoxy) is 2. The predicted molar refractivity (Wildman–Crippen MR) is 140 cm³/mol. The molecule has 1 aliphatic rings. The lowest BCUT2D eigenvalue weighted by atomic mass is 9.77. The van der Waals surface area contributed by atoms with Crippen molar-refractivity contribution in [2.24, 2.45) is 10.7 Å². The molecule has 0 spiro atoms. The van der Waals surface area contributed by atoms with Crippen LogP contribution in [0.2, 0.25) is 0 Å². The second-order valence-corrected chi connectivity index (χ2v) is 8.48. The van der Waals surface area contributed by atoms with Crippen molar-refractivity contribution in [2.45, 2.75) is 11.7 Å². The van der Waals surface area contributed by atoms with Crippen LogP contribution in [0.25, 0.3) is 11.1 Å². The molecule has 3 aromatic carbocycles. The van der Waals surface area contributed by atoms with Gasteiger partial charge >= 0.3 is 12.1 Å². The quantitative estimate of drug-likeness (QED) is 0.354. The van der Waals surface area contributed by atoms with Crippen molar-refractivity contribution in [1.82, 2.24) is 4.98 Å². The number of methoxy groups -OCH3 is 2. The molecular weight excluding hydrogens is 511 g/mol. The van der Waals surface area contributed by atoms with Gasteiger partial charge in [0.1, 0.15) is 22.9 Å². The summed E-state index contributed by atoms with van der Waals surface area (Å²) in [5, 5.41) is 7.12. The number of nitrogens with zero attached hydrogens (tertiary/aromatic N) is 2. The van der Waals surface area contributed by atoms with Gasteiger partial charge < -0.3 is 20.3 Å². The molecule has 39 heavy (non-hydrogen) atoms. The Hall–Kier alpha value is -4.86. The van der Waals surface area contributed by atoms with Crippen LogP contribution in [-0.2, 0) is 10.3 Å². The van der Waals surface area contributed by atoms with E-state index in [1.165, 1.54) is 0 Å². The second kappa shape index (κ2) is 10.9. The maximum absolute atomic E-state index is 10.6. The fourth-order valence-corrected chi connectivity index (χ4v) is 4.37. The number of carboxylic acids is 1. The number of carbonyl (C=O) groups is 1. The SMILES string of the molecule is COc1ccc(C2(c3cccc(-c4cncc(OC)c4)c3)N=C(N)c3ccccc32)cc1.O=C(O)C(F)(F)F. The predicted octanol–water partition coefficient (Wildman–Crippen LogP) is 5.41. The number of benzene rings is 3. The first-order valence-corrected chi connectivity index (χ1v) is 11.6. The highest BCUT2D eigenvalue weighted by Crippen LogP contribution is 2.46. The molecule has 5 rings (SSSR count). The van der Waals surface area contributed by atoms with Crippen molar-refractivity contribution in [3.63, 3.8) is 0 Å². The molecule has 1 unspecified atom stereocenters. The normalized spacial score (nSPS) is 15.9. The summed E-state index contributed by atoms with van der Waals surface area (Å²) in [6, 6.07) is 26.5. The minimum Gasteiger partial charge on any atom is -0.497 e. The lowest BCUT2D eigenvalue weighted by Crippen LogP contribution is -2.25. The number of amidine groups is 1. The van der Waals surface area contributed by atoms with Crippen LogP contribution in [-0.4, -0.2) is 42.3 Å². The Labute approximate surface area is 222 Å². The minimum absolute atomic E-state index is 0.532. The topological polar surface area (TPSA) is 107 Å². The monoisotopic (exact) mass is 535 g/mol. The molecule has 7 nitrogen and oxygen atoms in total. The van der Waals surface area contributed by atoms with Gasteiger partial charge in [0.25, 0.3) is 0 Å². The molecule has 1 aromatic heterocycles. The van der Waals surface area contributed by atoms with Crippen LogP contribution in [0, 0.1) is 0 Å². The molecule has 0 aliphatic carbocycles. The van der Waals surface area contributed by atoms with E-state index in [1.807, 2.05) is 48.7 Å². The Morgan fingerprint density at radius 2 is 1.51 bits per heavy atom. The van der Waals surface area contributed by atoms with Gasteiger partial charge in [-0.2, -0.15) is 13.2 Å². The molecule has 0 fully saturated rings. The van der Waals surface area contributed by atoms with Gasteiger partial charge in [-0.05, 0) is 46.5 Å². The fraction of sp³-hybridized carbons (Fsp3) is 0.138. The molecule has 1 aliphatic heterocycles. The van der Waals surface area contributed by atoms with E-state index in [1.54, 1.807) is 20.4 Å². The van der Waals surface area contributed by atoms with Crippen LogP contribution in [0.5, 0.6) is 11.5 Å². The highest BCUT2D eigenvalue weighted by atomic mass is 19.4. The smallest absolute Gasteiger partial charge is 0.490 e. The van der Waals surface area contributed by atoms with Crippen molar-refractivity contribution in [3.05, 3.63) is 114 Å². The summed E-state index contributed by atoms with van der Waals surface area (Å²) in [7, 11) is 3.31. The number of aromatic nitrogens is 1. The van der Waals surface area contributed by atoms with E-state index in [0.29, 0.717) is 11.6 Å². The summed E-state index contributed by atoms with van der Waals surface area (Å²) in [6.07, 6.45) is -1.55. The van der Waals surface area contributed by atoms with Crippen molar-refractivity contribution >= 4 is 11.8 Å². The number of nitrogens with two attached hydrogens (primary N) is 1. The maximum atomic E-state index is 10.6. The summed E-state index contributed by atoms with van der Waals surface area (Å²) in [5.41, 5.74) is 11.7. The molecule has 200 valence electrons. The van der Waals surface area contributed by atoms with Crippen molar-refractivity contribution < 1.29 is 32.5 Å². The Bertz CT molecular complexity index is 1520. The summed E-state index contributed by atoms with van der Waals surface area (Å²) in [5.74, 6) is -0.716. The highest BCUT2D eigenvalue weighted by Gasteiger charge is 2.43. The van der Waals surface area contributed by atoms with E-state index in [0.717, 1.165) is 39.1 Å². The van der Waals surface area contributed by atoms with Gasteiger partial charge in [-0.15, -0.1) is 0 Å². The molecule has 3 N–H and O–H groups in total. The van der Waals surface area contributed by atoms with E-state index in [4.69, 9.17) is 30.1 Å². The fourth-order valence-electron chi connectivity index (χ4n) is 4.37. The molecule has 0 radical (unpaired) electrons. The molecular formula is C29H24F3N3O4. The molecule has 0 saturated carbocycles. The van der Waals surface area contributed by atoms with Gasteiger partial charge in [-0.3, -0.25) is 4.98 Å². The van der Waals surface area contributed by atoms with Crippen LogP contribution < -0.4 is 15.2 Å². The van der Waals surface area contributed by atoms with Crippen LogP contribution >= 0.6 is 0 Å². The number of hydrogen-bond acceptors (Lipinski definition) is 6. The number of hydrogen-bond donors (Lipinski definition) is 2. The lowest BCUT2D eigenvalue weighted by Gasteiger charge is -2.29. The third-order valence-electron chi connectivity index (χ3n) is 6.19. The van der Waals surface area contributed by atoms with Crippen LogP contribution in [0.3, 0.4) is 0 Å². The molecule has 2 heterocycles. The third-order valence-corrected chi connectivity index (χ3v) is 6.19. The number of carboxylic acid groups (broad SMARTS) is 1. The Morgan fingerprint density at radius 3 is 2.15 bits per heavy atom. The van der Waals surface area contributed by atoms with E-state index in [9.17, 15) is 13.2 Å². The van der Waals surface area contributed by atoms with Gasteiger partial charge in [0.15, 0.2) is 0 Å². The van der Waals surface area contributed by atoms with Gasteiger partial charge in [0.2, 0.25) is 0 Å². The Balaban J connectivity index is 0.000000448. The number of alkyl halides is 3. The van der Waals surface area contributed by atoms with Crippen molar-refractivity contribution in [3.8, 4) is 22.6 Å². The molecule has 1 atom stereocenters. The molecule has 0 saturated heterocycles. The summed E-state index contributed by atoms with van der Waals surface area (Å²) in [4.78, 5) is 18.3. The van der Waals surface area contributed by atoms with Crippen molar-refractivity contribution in [2.75, 3.05) is 14.2 Å². The molecule has 10 heteroatoms. The van der Waals surface area contributed by atoms with Crippen LogP contribution in [0.4, 0.5) is 13.2 Å². The summed E-state index contributed by atoms with van der Waals surface area (Å²) >= 11 is 0. The van der Waals surface area contributed by atoms with Gasteiger partial charge in [-0.1, -0.05) is 54.6 Å². The second-order valence-electron chi connectivity index (χ2n) is 8.48. The first-order chi connectivity index (χ1) is 18.6. The zero-order valence-corrected chi connectivity index (χ0v) is 20.9. The number of pyridine rings is 1. The number of rotatable bonds is 5. The number of aliphatic imine (C=N–C) groups is 1. The lowest BCUT2D eigenvalue weighted by molar-refractivity contribution is -0.192. The number of halogens is 3. The first-order valence-electron chi connectivity index (χ1n) is 11.6. The minimum atomic E-state index is -5.08. The number of fused-ring (bicyclic) bond motifs is 1. The highest BCUT2D eigenvalue weighted by molar-refractivity contribution is 6.03. The zero-order valence-electron chi connectivity index (χ0n) is 20.9. The van der Waals surface area contributed by atoms with Gasteiger partial charge in [-0.25, -0.2) is 9.79 Å². The number of aliphatic carboxylic acids is 1. The largest absolute Gasteiger partial charge is 0.497 e. The Kier molecular flexibility index (Phi) is 7.57. The van der Waals surface area contributed by atoms with E-state index in [2.05, 4.69) is 41.4 Å². The maximum Gasteiger partial charge on any atom is 0.490 e. The molecule has 0 amide bonds. The summed E-state index contributed by atoms with van der Waals surface area (Å²) < 4.78 is 42.5.